The molecule has 2 aromatic rings. The largest absolute Gasteiger partial charge is 0.451 e. The third kappa shape index (κ3) is 3.05. The lowest BCUT2D eigenvalue weighted by Crippen LogP contribution is -2.13. The van der Waals surface area contributed by atoms with Gasteiger partial charge in [-0.25, -0.2) is 9.97 Å². The molecule has 0 unspecified atom stereocenters. The molecule has 0 bridgehead atoms. The number of rotatable bonds is 3. The standard InChI is InChI=1S/C12H9F3N4S/c1-2-17-10-5-8(9-4-3-7(6-16)20-9)18-11(19-10)12(13,14)15/h3-5H,2H2,1H3,(H,17,18,19). The number of halogens is 3. The summed E-state index contributed by atoms with van der Waals surface area (Å²) in [5.74, 6) is -1.09. The predicted molar refractivity (Wildman–Crippen MR) is 69.2 cm³/mol. The van der Waals surface area contributed by atoms with Gasteiger partial charge in [-0.3, -0.25) is 0 Å². The molecule has 0 radical (unpaired) electrons. The second-order valence-electron chi connectivity index (χ2n) is 3.77. The van der Waals surface area contributed by atoms with E-state index in [2.05, 4.69) is 15.3 Å². The summed E-state index contributed by atoms with van der Waals surface area (Å²) in [6, 6.07) is 6.49. The summed E-state index contributed by atoms with van der Waals surface area (Å²) in [5.41, 5.74) is 0.148. The minimum atomic E-state index is -4.62. The van der Waals surface area contributed by atoms with Gasteiger partial charge >= 0.3 is 6.18 Å². The van der Waals surface area contributed by atoms with Crippen molar-refractivity contribution in [3.63, 3.8) is 0 Å². The molecule has 0 atom stereocenters. The first-order valence-corrected chi connectivity index (χ1v) is 6.46. The summed E-state index contributed by atoms with van der Waals surface area (Å²) in [6.07, 6.45) is -4.62. The molecule has 0 amide bonds. The van der Waals surface area contributed by atoms with E-state index in [0.29, 0.717) is 16.3 Å². The Hall–Kier alpha value is -2.14. The lowest BCUT2D eigenvalue weighted by atomic mass is 10.3. The van der Waals surface area contributed by atoms with Gasteiger partial charge in [0.15, 0.2) is 0 Å². The van der Waals surface area contributed by atoms with Crippen molar-refractivity contribution < 1.29 is 13.2 Å². The third-order valence-electron chi connectivity index (χ3n) is 2.31. The SMILES string of the molecule is CCNc1cc(-c2ccc(C#N)s2)nc(C(F)(F)F)n1. The minimum absolute atomic E-state index is 0.108. The molecule has 0 saturated carbocycles. The molecule has 2 rings (SSSR count). The molecule has 0 saturated heterocycles. The predicted octanol–water partition coefficient (Wildman–Crippen LogP) is 3.53. The van der Waals surface area contributed by atoms with Crippen molar-refractivity contribution in [2.24, 2.45) is 0 Å². The van der Waals surface area contributed by atoms with Gasteiger partial charge in [-0.05, 0) is 19.1 Å². The second kappa shape index (κ2) is 5.46. The van der Waals surface area contributed by atoms with Crippen LogP contribution < -0.4 is 5.32 Å². The van der Waals surface area contributed by atoms with E-state index in [1.165, 1.54) is 6.07 Å². The number of alkyl halides is 3. The quantitative estimate of drug-likeness (QED) is 0.941. The molecule has 0 aliphatic rings. The molecule has 20 heavy (non-hydrogen) atoms. The molecule has 0 aliphatic carbocycles. The van der Waals surface area contributed by atoms with E-state index in [-0.39, 0.29) is 11.5 Å². The lowest BCUT2D eigenvalue weighted by Gasteiger charge is -2.10. The summed E-state index contributed by atoms with van der Waals surface area (Å²) < 4.78 is 38.3. The van der Waals surface area contributed by atoms with Gasteiger partial charge in [-0.15, -0.1) is 11.3 Å². The number of hydrogen-bond acceptors (Lipinski definition) is 5. The first-order valence-electron chi connectivity index (χ1n) is 5.64. The molecule has 4 nitrogen and oxygen atoms in total. The van der Waals surface area contributed by atoms with Gasteiger partial charge in [0.05, 0.1) is 10.6 Å². The first-order chi connectivity index (χ1) is 9.44. The molecular weight excluding hydrogens is 289 g/mol. The van der Waals surface area contributed by atoms with Crippen molar-refractivity contribution in [1.29, 1.82) is 5.26 Å². The molecule has 2 heterocycles. The van der Waals surface area contributed by atoms with Crippen LogP contribution in [0.1, 0.15) is 17.6 Å². The van der Waals surface area contributed by atoms with E-state index in [1.807, 2.05) is 6.07 Å². The maximum atomic E-state index is 12.8. The average Bonchev–Trinajstić information content (AvgIpc) is 2.86. The van der Waals surface area contributed by atoms with Crippen molar-refractivity contribution in [3.05, 3.63) is 28.9 Å². The molecule has 104 valence electrons. The number of thiophene rings is 1. The van der Waals surface area contributed by atoms with Gasteiger partial charge in [0, 0.05) is 12.6 Å². The average molecular weight is 298 g/mol. The Bertz CT molecular complexity index is 657. The second-order valence-corrected chi connectivity index (χ2v) is 4.85. The van der Waals surface area contributed by atoms with Crippen molar-refractivity contribution >= 4 is 17.2 Å². The molecule has 0 aromatic carbocycles. The zero-order valence-electron chi connectivity index (χ0n) is 10.3. The Morgan fingerprint density at radius 1 is 1.35 bits per heavy atom. The van der Waals surface area contributed by atoms with Gasteiger partial charge in [0.25, 0.3) is 0 Å². The first kappa shape index (κ1) is 14.3. The molecule has 0 aliphatic heterocycles. The fourth-order valence-electron chi connectivity index (χ4n) is 1.51. The summed E-state index contributed by atoms with van der Waals surface area (Å²) >= 11 is 1.09. The van der Waals surface area contributed by atoms with Crippen LogP contribution in [0.3, 0.4) is 0 Å². The van der Waals surface area contributed by atoms with Crippen LogP contribution in [0, 0.1) is 11.3 Å². The Morgan fingerprint density at radius 3 is 2.65 bits per heavy atom. The normalized spacial score (nSPS) is 11.2. The van der Waals surface area contributed by atoms with Crippen molar-refractivity contribution in [2.45, 2.75) is 13.1 Å². The lowest BCUT2D eigenvalue weighted by molar-refractivity contribution is -0.144. The number of nitriles is 1. The zero-order chi connectivity index (χ0) is 14.8. The van der Waals surface area contributed by atoms with Gasteiger partial charge in [0.2, 0.25) is 5.82 Å². The number of aromatic nitrogens is 2. The summed E-state index contributed by atoms with van der Waals surface area (Å²) in [5, 5.41) is 11.5. The van der Waals surface area contributed by atoms with Gasteiger partial charge < -0.3 is 5.32 Å². The molecule has 1 N–H and O–H groups in total. The summed E-state index contributed by atoms with van der Waals surface area (Å²) in [7, 11) is 0. The minimum Gasteiger partial charge on any atom is -0.370 e. The Morgan fingerprint density at radius 2 is 2.10 bits per heavy atom. The highest BCUT2D eigenvalue weighted by atomic mass is 32.1. The van der Waals surface area contributed by atoms with Crippen LogP contribution in [0.2, 0.25) is 0 Å². The van der Waals surface area contributed by atoms with Crippen LogP contribution in [0.25, 0.3) is 10.6 Å². The van der Waals surface area contributed by atoms with Crippen LogP contribution >= 0.6 is 11.3 Å². The van der Waals surface area contributed by atoms with Crippen molar-refractivity contribution in [2.75, 3.05) is 11.9 Å². The maximum absolute atomic E-state index is 12.8. The number of nitrogens with one attached hydrogen (secondary N) is 1. The molecule has 0 spiro atoms. The van der Waals surface area contributed by atoms with E-state index >= 15 is 0 Å². The van der Waals surface area contributed by atoms with E-state index in [1.54, 1.807) is 19.1 Å². The van der Waals surface area contributed by atoms with E-state index in [0.717, 1.165) is 11.3 Å². The highest BCUT2D eigenvalue weighted by Gasteiger charge is 2.35. The number of anilines is 1. The van der Waals surface area contributed by atoms with Gasteiger partial charge in [-0.1, -0.05) is 0 Å². The van der Waals surface area contributed by atoms with Crippen molar-refractivity contribution in [1.82, 2.24) is 9.97 Å². The number of nitrogens with zero attached hydrogens (tertiary/aromatic N) is 3. The maximum Gasteiger partial charge on any atom is 0.451 e. The van der Waals surface area contributed by atoms with Crippen LogP contribution in [-0.4, -0.2) is 16.5 Å². The number of hydrogen-bond donors (Lipinski definition) is 1. The van der Waals surface area contributed by atoms with E-state index in [4.69, 9.17) is 5.26 Å². The highest BCUT2D eigenvalue weighted by molar-refractivity contribution is 7.15. The van der Waals surface area contributed by atoms with E-state index in [9.17, 15) is 13.2 Å². The molecule has 8 heteroatoms. The fraction of sp³-hybridized carbons (Fsp3) is 0.250. The van der Waals surface area contributed by atoms with Gasteiger partial charge in [-0.2, -0.15) is 18.4 Å². The summed E-state index contributed by atoms with van der Waals surface area (Å²) in [4.78, 5) is 7.88. The van der Waals surface area contributed by atoms with Crippen LogP contribution in [-0.2, 0) is 6.18 Å². The Kier molecular flexibility index (Phi) is 3.90. The monoisotopic (exact) mass is 298 g/mol. The highest BCUT2D eigenvalue weighted by Crippen LogP contribution is 2.32. The van der Waals surface area contributed by atoms with Crippen molar-refractivity contribution in [3.8, 4) is 16.6 Å². The smallest absolute Gasteiger partial charge is 0.370 e. The van der Waals surface area contributed by atoms with Crippen LogP contribution in [0.4, 0.5) is 19.0 Å². The van der Waals surface area contributed by atoms with Gasteiger partial charge in [0.1, 0.15) is 16.8 Å². The topological polar surface area (TPSA) is 61.6 Å². The van der Waals surface area contributed by atoms with Crippen LogP contribution in [0.15, 0.2) is 18.2 Å². The van der Waals surface area contributed by atoms with Crippen LogP contribution in [0.5, 0.6) is 0 Å². The molecular formula is C12H9F3N4S. The van der Waals surface area contributed by atoms with E-state index < -0.39 is 12.0 Å². The zero-order valence-corrected chi connectivity index (χ0v) is 11.1. The summed E-state index contributed by atoms with van der Waals surface area (Å²) in [6.45, 7) is 2.20. The molecule has 2 aromatic heterocycles. The third-order valence-corrected chi connectivity index (χ3v) is 3.32. The fourth-order valence-corrected chi connectivity index (χ4v) is 2.27. The molecule has 0 fully saturated rings. The Labute approximate surface area is 116 Å². The Balaban J connectivity index is 2.52.